The Morgan fingerprint density at radius 2 is 0.938 bits per heavy atom. The van der Waals surface area contributed by atoms with Crippen molar-refractivity contribution in [3.8, 4) is 0 Å². The molecular weight excluding hydrogens is 478 g/mol. The summed E-state index contributed by atoms with van der Waals surface area (Å²) in [5, 5.41) is -6.20. The summed E-state index contributed by atoms with van der Waals surface area (Å²) in [6.07, 6.45) is -4.90. The molecule has 0 spiro atoms. The maximum absolute atomic E-state index is 11.9. The summed E-state index contributed by atoms with van der Waals surface area (Å²) in [6.45, 7) is 0. The highest BCUT2D eigenvalue weighted by Crippen LogP contribution is 2.42. The van der Waals surface area contributed by atoms with E-state index in [4.69, 9.17) is 4.55 Å². The van der Waals surface area contributed by atoms with Gasteiger partial charge in [-0.15, -0.1) is 0 Å². The van der Waals surface area contributed by atoms with E-state index in [2.05, 4.69) is 91.0 Å². The van der Waals surface area contributed by atoms with Gasteiger partial charge in [0.25, 0.3) is 0 Å². The molecule has 3 aromatic carbocycles. The van der Waals surface area contributed by atoms with Gasteiger partial charge in [-0.1, -0.05) is 54.6 Å². The average Bonchev–Trinajstić information content (AvgIpc) is 2.76. The van der Waals surface area contributed by atoms with Gasteiger partial charge in [0.1, 0.15) is 0 Å². The number of hydrogen-bond donors (Lipinski definition) is 1. The molecule has 3 nitrogen and oxygen atoms in total. The lowest BCUT2D eigenvalue weighted by Gasteiger charge is -2.22. The Kier molecular flexibility index (Phi) is 8.38. The van der Waals surface area contributed by atoms with Gasteiger partial charge in [0, 0.05) is 0 Å². The zero-order valence-corrected chi connectivity index (χ0v) is 17.7. The Morgan fingerprint density at radius 3 is 1.12 bits per heavy atom. The van der Waals surface area contributed by atoms with Crippen molar-refractivity contribution >= 4 is 21.0 Å². The van der Waals surface area contributed by atoms with E-state index in [0.29, 0.717) is 0 Å². The first kappa shape index (κ1) is 25.8. The van der Waals surface area contributed by atoms with Gasteiger partial charge in [0.05, 0.1) is 10.9 Å². The fraction of sp³-hybridized carbons (Fsp3) is 0.143. The zero-order chi connectivity index (χ0) is 24.0. The van der Waals surface area contributed by atoms with Crippen LogP contribution in [0.15, 0.2) is 106 Å². The number of halogens is 6. The van der Waals surface area contributed by atoms with Crippen LogP contribution in [0.5, 0.6) is 0 Å². The molecule has 0 amide bonds. The second-order valence-electron chi connectivity index (χ2n) is 6.16. The van der Waals surface area contributed by atoms with Crippen LogP contribution in [0.1, 0.15) is 0 Å². The summed E-state index contributed by atoms with van der Waals surface area (Å²) in [7, 11) is -6.58. The van der Waals surface area contributed by atoms with Crippen molar-refractivity contribution < 1.29 is 39.3 Å². The van der Waals surface area contributed by atoms with Crippen molar-refractivity contribution in [2.24, 2.45) is 0 Å². The van der Waals surface area contributed by atoms with E-state index >= 15 is 0 Å². The van der Waals surface area contributed by atoms with Crippen molar-refractivity contribution in [1.82, 2.24) is 0 Å². The van der Waals surface area contributed by atoms with Crippen LogP contribution in [-0.2, 0) is 21.0 Å². The van der Waals surface area contributed by atoms with Crippen LogP contribution in [0, 0.1) is 0 Å². The SMILES string of the molecule is O=S(=O)(O)C(F)(F)C(F)(F)C(F)F.c1ccc([S+](c2ccccc2)c2ccccc2)cc1. The first-order chi connectivity index (χ1) is 14.9. The molecule has 32 heavy (non-hydrogen) atoms. The van der Waals surface area contributed by atoms with Gasteiger partial charge in [-0.05, 0) is 36.4 Å². The third-order valence-corrected chi connectivity index (χ3v) is 7.07. The fourth-order valence-electron chi connectivity index (χ4n) is 2.38. The Bertz CT molecular complexity index is 986. The number of hydrogen-bond acceptors (Lipinski definition) is 2. The molecule has 3 aromatic rings. The van der Waals surface area contributed by atoms with E-state index in [0.717, 1.165) is 0 Å². The normalized spacial score (nSPS) is 12.4. The van der Waals surface area contributed by atoms with Gasteiger partial charge >= 0.3 is 27.7 Å². The molecule has 0 radical (unpaired) electrons. The van der Waals surface area contributed by atoms with Gasteiger partial charge in [0.2, 0.25) is 0 Å². The summed E-state index contributed by atoms with van der Waals surface area (Å²) in [4.78, 5) is 4.08. The van der Waals surface area contributed by atoms with Crippen molar-refractivity contribution in [2.75, 3.05) is 0 Å². The quantitative estimate of drug-likeness (QED) is 0.254. The Labute approximate surface area is 183 Å². The molecular formula is C21H17F6O3S2+. The van der Waals surface area contributed by atoms with Gasteiger partial charge in [-0.3, -0.25) is 4.55 Å². The predicted octanol–water partition coefficient (Wildman–Crippen LogP) is 6.15. The number of benzene rings is 3. The fourth-order valence-corrected chi connectivity index (χ4v) is 4.91. The summed E-state index contributed by atoms with van der Waals surface area (Å²) >= 11 is 0. The largest absolute Gasteiger partial charge is 0.437 e. The lowest BCUT2D eigenvalue weighted by molar-refractivity contribution is -0.227. The number of alkyl halides is 6. The summed E-state index contributed by atoms with van der Waals surface area (Å²) < 4.78 is 96.5. The molecule has 0 bridgehead atoms. The maximum atomic E-state index is 11.9. The highest BCUT2D eigenvalue weighted by molar-refractivity contribution is 7.97. The molecule has 0 aliphatic heterocycles. The minimum Gasteiger partial charge on any atom is -0.281 e. The molecule has 3 rings (SSSR count). The van der Waals surface area contributed by atoms with Crippen LogP contribution in [-0.4, -0.2) is 30.6 Å². The number of rotatable bonds is 6. The first-order valence-electron chi connectivity index (χ1n) is 8.80. The molecule has 0 atom stereocenters. The van der Waals surface area contributed by atoms with Crippen LogP contribution in [0.2, 0.25) is 0 Å². The molecule has 11 heteroatoms. The zero-order valence-electron chi connectivity index (χ0n) is 16.1. The van der Waals surface area contributed by atoms with Crippen molar-refractivity contribution in [2.45, 2.75) is 32.3 Å². The average molecular weight is 495 g/mol. The smallest absolute Gasteiger partial charge is 0.281 e. The van der Waals surface area contributed by atoms with Crippen LogP contribution in [0.4, 0.5) is 26.3 Å². The molecule has 1 N–H and O–H groups in total. The second-order valence-corrected chi connectivity index (χ2v) is 9.65. The highest BCUT2D eigenvalue weighted by atomic mass is 32.2. The van der Waals surface area contributed by atoms with Crippen molar-refractivity contribution in [3.63, 3.8) is 0 Å². The van der Waals surface area contributed by atoms with Crippen LogP contribution in [0.25, 0.3) is 0 Å². The van der Waals surface area contributed by atoms with E-state index < -0.39 is 27.7 Å². The van der Waals surface area contributed by atoms with E-state index in [9.17, 15) is 34.8 Å². The van der Waals surface area contributed by atoms with Gasteiger partial charge in [-0.25, -0.2) is 8.78 Å². The molecule has 172 valence electrons. The van der Waals surface area contributed by atoms with E-state index in [1.807, 2.05) is 0 Å². The topological polar surface area (TPSA) is 54.4 Å². The molecule has 0 fully saturated rings. The third-order valence-electron chi connectivity index (χ3n) is 3.92. The molecule has 0 aliphatic carbocycles. The summed E-state index contributed by atoms with van der Waals surface area (Å²) in [5.74, 6) is -6.12. The van der Waals surface area contributed by atoms with E-state index in [-0.39, 0.29) is 10.9 Å². The van der Waals surface area contributed by atoms with E-state index in [1.165, 1.54) is 14.7 Å². The maximum Gasteiger partial charge on any atom is 0.437 e. The van der Waals surface area contributed by atoms with Crippen LogP contribution in [0.3, 0.4) is 0 Å². The lowest BCUT2D eigenvalue weighted by atomic mass is 10.4. The Morgan fingerprint density at radius 1 is 0.656 bits per heavy atom. The van der Waals surface area contributed by atoms with Crippen LogP contribution < -0.4 is 0 Å². The molecule has 0 unspecified atom stereocenters. The van der Waals surface area contributed by atoms with Crippen LogP contribution >= 0.6 is 0 Å². The van der Waals surface area contributed by atoms with Gasteiger partial charge < -0.3 is 0 Å². The molecule has 0 aromatic heterocycles. The molecule has 0 saturated carbocycles. The molecule has 0 aliphatic rings. The van der Waals surface area contributed by atoms with Gasteiger partial charge in [0.15, 0.2) is 14.7 Å². The second kappa shape index (κ2) is 10.4. The van der Waals surface area contributed by atoms with Crippen molar-refractivity contribution in [1.29, 1.82) is 0 Å². The monoisotopic (exact) mass is 495 g/mol. The predicted molar refractivity (Wildman–Crippen MR) is 109 cm³/mol. The minimum absolute atomic E-state index is 0.0146. The van der Waals surface area contributed by atoms with Crippen molar-refractivity contribution in [3.05, 3.63) is 91.0 Å². The third kappa shape index (κ3) is 5.84. The van der Waals surface area contributed by atoms with E-state index in [1.54, 1.807) is 0 Å². The molecule has 0 heterocycles. The minimum atomic E-state index is -6.57. The standard InChI is InChI=1S/C18H15S.C3H2F6O3S/c1-4-10-16(11-5-1)19(17-12-6-2-7-13-17)18-14-8-3-9-15-18;4-1(5)2(6,7)3(8,9)13(10,11)12/h1-15H;1H,(H,10,11,12)/q+1;. The lowest BCUT2D eigenvalue weighted by Crippen LogP contribution is -2.51. The summed E-state index contributed by atoms with van der Waals surface area (Å²) in [5.41, 5.74) is 0. The van der Waals surface area contributed by atoms with Gasteiger partial charge in [-0.2, -0.15) is 26.0 Å². The first-order valence-corrected chi connectivity index (χ1v) is 11.5. The highest BCUT2D eigenvalue weighted by Gasteiger charge is 2.70. The molecule has 0 saturated heterocycles. The summed E-state index contributed by atoms with van der Waals surface area (Å²) in [6, 6.07) is 32.2. The Balaban J connectivity index is 0.000000247. The Hall–Kier alpha value is -2.50.